The quantitative estimate of drug-likeness (QED) is 0.354. The highest BCUT2D eigenvalue weighted by Crippen LogP contribution is 2.60. The summed E-state index contributed by atoms with van der Waals surface area (Å²) in [6, 6.07) is 0. The molecule has 6 nitrogen and oxygen atoms in total. The normalized spacial score (nSPS) is 37.9. The molecule has 0 aromatic rings. The molecule has 1 saturated carbocycles. The van der Waals surface area contributed by atoms with E-state index in [1.54, 1.807) is 0 Å². The number of epoxide rings is 2. The van der Waals surface area contributed by atoms with Crippen molar-refractivity contribution in [2.45, 2.75) is 102 Å². The van der Waals surface area contributed by atoms with E-state index in [4.69, 9.17) is 14.2 Å². The fraction of sp³-hybridized carbons (Fsp3) is 0.885. The van der Waals surface area contributed by atoms with Gasteiger partial charge in [0.1, 0.15) is 17.8 Å². The van der Waals surface area contributed by atoms with Gasteiger partial charge in [-0.15, -0.1) is 0 Å². The second kappa shape index (κ2) is 9.32. The van der Waals surface area contributed by atoms with Gasteiger partial charge in [0.05, 0.1) is 18.2 Å². The van der Waals surface area contributed by atoms with Crippen molar-refractivity contribution < 1.29 is 27.8 Å². The van der Waals surface area contributed by atoms with Gasteiger partial charge in [-0.3, -0.25) is 4.90 Å². The fourth-order valence-corrected chi connectivity index (χ4v) is 6.34. The van der Waals surface area contributed by atoms with E-state index >= 15 is 0 Å². The molecule has 34 heavy (non-hydrogen) atoms. The lowest BCUT2D eigenvalue weighted by Crippen LogP contribution is -2.52. The Kier molecular flexibility index (Phi) is 6.70. The zero-order valence-electron chi connectivity index (χ0n) is 20.8. The number of carbonyl (C=O) groups excluding carboxylic acids is 1. The van der Waals surface area contributed by atoms with Crippen molar-refractivity contribution in [3.63, 3.8) is 0 Å². The zero-order valence-corrected chi connectivity index (χ0v) is 20.8. The highest BCUT2D eigenvalue weighted by molar-refractivity contribution is 5.68. The molecule has 192 valence electrons. The number of halogens is 2. The summed E-state index contributed by atoms with van der Waals surface area (Å²) >= 11 is 0. The van der Waals surface area contributed by atoms with E-state index < -0.39 is 6.43 Å². The van der Waals surface area contributed by atoms with Gasteiger partial charge in [0.2, 0.25) is 0 Å². The second-order valence-corrected chi connectivity index (χ2v) is 11.8. The van der Waals surface area contributed by atoms with Crippen LogP contribution in [0.15, 0.2) is 11.6 Å². The van der Waals surface area contributed by atoms with Gasteiger partial charge in [0.25, 0.3) is 6.43 Å². The molecule has 4 saturated heterocycles. The Morgan fingerprint density at radius 3 is 2.35 bits per heavy atom. The minimum Gasteiger partial charge on any atom is -0.446 e. The Morgan fingerprint density at radius 1 is 1.09 bits per heavy atom. The van der Waals surface area contributed by atoms with Crippen molar-refractivity contribution in [2.75, 3.05) is 32.7 Å². The predicted molar refractivity (Wildman–Crippen MR) is 124 cm³/mol. The van der Waals surface area contributed by atoms with Crippen molar-refractivity contribution in [2.24, 2.45) is 11.8 Å². The lowest BCUT2D eigenvalue weighted by Gasteiger charge is -2.43. The number of hydrogen-bond donors (Lipinski definition) is 0. The summed E-state index contributed by atoms with van der Waals surface area (Å²) in [6.45, 7) is 9.40. The molecule has 4 heterocycles. The Morgan fingerprint density at radius 2 is 1.74 bits per heavy atom. The first-order valence-corrected chi connectivity index (χ1v) is 13.1. The molecule has 1 aliphatic carbocycles. The van der Waals surface area contributed by atoms with Crippen molar-refractivity contribution >= 4 is 6.09 Å². The molecule has 5 fully saturated rings. The standard InChI is InChI=1S/C26H40F2N2O4/c1-17(2)4-7-21-25(3,33-21)23-26(34-23)10-8-20(9-11-26)32-24(31)30-14-19(15-30)6-5-18-12-29(13-18)16-22(27)28/h4,18-23H,5-16H2,1-3H3/t20?,21-,23?,25-,26?/m1/s1. The summed E-state index contributed by atoms with van der Waals surface area (Å²) in [5, 5.41) is 0. The van der Waals surface area contributed by atoms with Crippen molar-refractivity contribution in [3.05, 3.63) is 11.6 Å². The number of allylic oxidation sites excluding steroid dienone is 1. The Bertz CT molecular complexity index is 784. The van der Waals surface area contributed by atoms with Crippen LogP contribution in [0.2, 0.25) is 0 Å². The highest BCUT2D eigenvalue weighted by atomic mass is 19.3. The topological polar surface area (TPSA) is 57.8 Å². The lowest BCUT2D eigenvalue weighted by atomic mass is 9.80. The SMILES string of the molecule is CC(C)=CC[C@H]1O[C@@]1(C)C1OC12CCC(OC(=O)N1CC(CCC3CN(CC(F)F)C3)C1)CC2. The molecule has 0 N–H and O–H groups in total. The molecule has 0 aromatic carbocycles. The van der Waals surface area contributed by atoms with Gasteiger partial charge in [0, 0.05) is 26.2 Å². The molecular weight excluding hydrogens is 442 g/mol. The van der Waals surface area contributed by atoms with E-state index in [1.807, 2.05) is 9.80 Å². The van der Waals surface area contributed by atoms with E-state index in [9.17, 15) is 13.6 Å². The van der Waals surface area contributed by atoms with E-state index in [0.29, 0.717) is 11.8 Å². The van der Waals surface area contributed by atoms with E-state index in [1.165, 1.54) is 5.57 Å². The van der Waals surface area contributed by atoms with Crippen LogP contribution in [0.3, 0.4) is 0 Å². The number of nitrogens with zero attached hydrogens (tertiary/aromatic N) is 2. The molecule has 0 bridgehead atoms. The molecule has 0 radical (unpaired) electrons. The minimum atomic E-state index is -2.24. The highest BCUT2D eigenvalue weighted by Gasteiger charge is 2.73. The maximum absolute atomic E-state index is 12.5. The van der Waals surface area contributed by atoms with Crippen LogP contribution in [0.5, 0.6) is 0 Å². The molecule has 3 atom stereocenters. The smallest absolute Gasteiger partial charge is 0.410 e. The Balaban J connectivity index is 0.950. The third-order valence-electron chi connectivity index (χ3n) is 8.69. The Hall–Kier alpha value is -1.25. The third kappa shape index (κ3) is 5.14. The summed E-state index contributed by atoms with van der Waals surface area (Å²) in [4.78, 5) is 16.2. The van der Waals surface area contributed by atoms with Crippen LogP contribution in [0.4, 0.5) is 13.6 Å². The van der Waals surface area contributed by atoms with E-state index in [2.05, 4.69) is 26.8 Å². The lowest BCUT2D eigenvalue weighted by molar-refractivity contribution is -0.000936. The monoisotopic (exact) mass is 482 g/mol. The van der Waals surface area contributed by atoms with Crippen molar-refractivity contribution in [1.82, 2.24) is 9.80 Å². The minimum absolute atomic E-state index is 0.0211. The number of ether oxygens (including phenoxy) is 3. The summed E-state index contributed by atoms with van der Waals surface area (Å²) in [5.41, 5.74) is 1.08. The third-order valence-corrected chi connectivity index (χ3v) is 8.69. The number of amides is 1. The first kappa shape index (κ1) is 24.4. The van der Waals surface area contributed by atoms with Crippen LogP contribution in [-0.2, 0) is 14.2 Å². The molecule has 5 aliphatic rings. The first-order chi connectivity index (χ1) is 16.2. The number of carbonyl (C=O) groups is 1. The maximum atomic E-state index is 12.5. The van der Waals surface area contributed by atoms with Crippen LogP contribution < -0.4 is 0 Å². The fourth-order valence-electron chi connectivity index (χ4n) is 6.34. The molecule has 1 spiro atoms. The maximum Gasteiger partial charge on any atom is 0.410 e. The van der Waals surface area contributed by atoms with Crippen LogP contribution >= 0.6 is 0 Å². The number of rotatable bonds is 9. The number of alkyl halides is 2. The van der Waals surface area contributed by atoms with Gasteiger partial charge >= 0.3 is 6.09 Å². The van der Waals surface area contributed by atoms with Gasteiger partial charge in [0.15, 0.2) is 0 Å². The molecular formula is C26H40F2N2O4. The van der Waals surface area contributed by atoms with Gasteiger partial charge in [-0.25, -0.2) is 13.6 Å². The summed E-state index contributed by atoms with van der Waals surface area (Å²) in [6.07, 6.45) is 6.86. The van der Waals surface area contributed by atoms with E-state index in [0.717, 1.165) is 71.1 Å². The van der Waals surface area contributed by atoms with E-state index in [-0.39, 0.29) is 42.2 Å². The first-order valence-electron chi connectivity index (χ1n) is 13.1. The molecule has 4 aliphatic heterocycles. The van der Waals surface area contributed by atoms with Crippen LogP contribution in [0.1, 0.15) is 65.7 Å². The number of hydrogen-bond acceptors (Lipinski definition) is 5. The summed E-state index contributed by atoms with van der Waals surface area (Å²) < 4.78 is 42.8. The number of likely N-dealkylation sites (tertiary alicyclic amines) is 2. The van der Waals surface area contributed by atoms with Crippen LogP contribution in [-0.4, -0.2) is 84.6 Å². The second-order valence-electron chi connectivity index (χ2n) is 11.8. The largest absolute Gasteiger partial charge is 0.446 e. The average Bonchev–Trinajstić information content (AvgIpc) is 3.60. The molecule has 1 amide bonds. The van der Waals surface area contributed by atoms with Crippen LogP contribution in [0.25, 0.3) is 0 Å². The van der Waals surface area contributed by atoms with Crippen molar-refractivity contribution in [3.8, 4) is 0 Å². The van der Waals surface area contributed by atoms with Crippen molar-refractivity contribution in [1.29, 1.82) is 0 Å². The molecule has 8 heteroatoms. The predicted octanol–water partition coefficient (Wildman–Crippen LogP) is 4.63. The molecule has 0 aromatic heterocycles. The summed E-state index contributed by atoms with van der Waals surface area (Å²) in [7, 11) is 0. The average molecular weight is 483 g/mol. The van der Waals surface area contributed by atoms with Gasteiger partial charge < -0.3 is 19.1 Å². The molecule has 1 unspecified atom stereocenters. The zero-order chi connectivity index (χ0) is 24.1. The van der Waals surface area contributed by atoms with Gasteiger partial charge in [-0.1, -0.05) is 11.6 Å². The molecule has 5 rings (SSSR count). The Labute approximate surface area is 201 Å². The van der Waals surface area contributed by atoms with Gasteiger partial charge in [-0.2, -0.15) is 0 Å². The summed E-state index contributed by atoms with van der Waals surface area (Å²) in [5.74, 6) is 1.05. The van der Waals surface area contributed by atoms with Crippen LogP contribution in [0, 0.1) is 11.8 Å². The van der Waals surface area contributed by atoms with Gasteiger partial charge in [-0.05, 0) is 77.6 Å².